The largest absolute Gasteiger partial charge is 0.477 e. The highest BCUT2D eigenvalue weighted by molar-refractivity contribution is 5.87. The minimum absolute atomic E-state index is 0.231. The van der Waals surface area contributed by atoms with E-state index in [0.717, 1.165) is 12.1 Å². The van der Waals surface area contributed by atoms with Gasteiger partial charge in [0.2, 0.25) is 11.7 Å². The number of likely N-dealkylation sites (N-methyl/N-ethyl adjacent to an activating group) is 1. The molecule has 0 fully saturated rings. The Morgan fingerprint density at radius 2 is 2.16 bits per heavy atom. The van der Waals surface area contributed by atoms with Gasteiger partial charge in [0, 0.05) is 12.6 Å². The Hall–Kier alpha value is -2.71. The summed E-state index contributed by atoms with van der Waals surface area (Å²) in [7, 11) is 0. The van der Waals surface area contributed by atoms with Crippen LogP contribution < -0.4 is 10.6 Å². The van der Waals surface area contributed by atoms with Crippen molar-refractivity contribution >= 4 is 23.4 Å². The Kier molecular flexibility index (Phi) is 4.75. The maximum absolute atomic E-state index is 11.2. The number of nitrogens with one attached hydrogen (secondary N) is 2. The van der Waals surface area contributed by atoms with Crippen molar-refractivity contribution in [3.05, 3.63) is 27.9 Å². The monoisotopic (exact) mass is 268 g/mol. The van der Waals surface area contributed by atoms with Crippen molar-refractivity contribution < 1.29 is 19.6 Å². The van der Waals surface area contributed by atoms with Crippen molar-refractivity contribution in [1.82, 2.24) is 10.3 Å². The smallest absolute Gasteiger partial charge is 0.354 e. The molecule has 0 unspecified atom stereocenters. The van der Waals surface area contributed by atoms with Crippen molar-refractivity contribution in [3.63, 3.8) is 0 Å². The average molecular weight is 268 g/mol. The highest BCUT2D eigenvalue weighted by atomic mass is 16.6. The standard InChI is InChI=1S/C10H12N4O5/c1-2-11-8(15)5-12-9-7(14(18)19)4-3-6(13-9)10(16)17/h3-4H,2,5H2,1H3,(H,11,15)(H,12,13)(H,16,17). The molecule has 1 aromatic rings. The molecule has 0 radical (unpaired) electrons. The SMILES string of the molecule is CCNC(=O)CNc1nc(C(=O)O)ccc1[N+](=O)[O-]. The molecule has 19 heavy (non-hydrogen) atoms. The van der Waals surface area contributed by atoms with Crippen LogP contribution in [0.25, 0.3) is 0 Å². The number of carboxylic acid groups (broad SMARTS) is 1. The van der Waals surface area contributed by atoms with E-state index in [-0.39, 0.29) is 24.0 Å². The molecule has 102 valence electrons. The molecule has 1 amide bonds. The molecule has 0 bridgehead atoms. The Morgan fingerprint density at radius 1 is 1.47 bits per heavy atom. The zero-order valence-electron chi connectivity index (χ0n) is 10.0. The van der Waals surface area contributed by atoms with E-state index in [1.165, 1.54) is 0 Å². The molecule has 0 atom stereocenters. The van der Waals surface area contributed by atoms with Gasteiger partial charge in [0.05, 0.1) is 11.5 Å². The molecule has 1 rings (SSSR count). The van der Waals surface area contributed by atoms with Gasteiger partial charge in [-0.05, 0) is 13.0 Å². The second-order valence-electron chi connectivity index (χ2n) is 3.43. The first kappa shape index (κ1) is 14.4. The lowest BCUT2D eigenvalue weighted by atomic mass is 10.3. The van der Waals surface area contributed by atoms with E-state index in [9.17, 15) is 19.7 Å². The van der Waals surface area contributed by atoms with E-state index in [1.807, 2.05) is 0 Å². The van der Waals surface area contributed by atoms with Crippen LogP contribution in [-0.2, 0) is 4.79 Å². The molecule has 1 aromatic heterocycles. The number of rotatable bonds is 6. The number of nitro groups is 1. The predicted octanol–water partition coefficient (Wildman–Crippen LogP) is 0.236. The summed E-state index contributed by atoms with van der Waals surface area (Å²) < 4.78 is 0. The Morgan fingerprint density at radius 3 is 2.68 bits per heavy atom. The van der Waals surface area contributed by atoms with Crippen molar-refractivity contribution in [3.8, 4) is 0 Å². The number of carboxylic acids is 1. The number of nitrogens with zero attached hydrogens (tertiary/aromatic N) is 2. The Bertz CT molecular complexity index is 517. The molecule has 9 heteroatoms. The summed E-state index contributed by atoms with van der Waals surface area (Å²) in [6.45, 7) is 1.92. The third-order valence-corrected chi connectivity index (χ3v) is 2.08. The zero-order chi connectivity index (χ0) is 14.4. The molecule has 0 spiro atoms. The van der Waals surface area contributed by atoms with Crippen LogP contribution in [0.15, 0.2) is 12.1 Å². The fourth-order valence-electron chi connectivity index (χ4n) is 1.27. The van der Waals surface area contributed by atoms with Gasteiger partial charge in [0.25, 0.3) is 0 Å². The molecular formula is C10H12N4O5. The van der Waals surface area contributed by atoms with E-state index in [4.69, 9.17) is 5.11 Å². The first-order chi connectivity index (χ1) is 8.95. The van der Waals surface area contributed by atoms with Gasteiger partial charge in [0.1, 0.15) is 0 Å². The summed E-state index contributed by atoms with van der Waals surface area (Å²) in [5.41, 5.74) is -0.738. The summed E-state index contributed by atoms with van der Waals surface area (Å²) in [4.78, 5) is 35.6. The van der Waals surface area contributed by atoms with Crippen LogP contribution in [0, 0.1) is 10.1 Å². The van der Waals surface area contributed by atoms with Gasteiger partial charge in [-0.3, -0.25) is 14.9 Å². The Labute approximate surface area is 107 Å². The van der Waals surface area contributed by atoms with Crippen LogP contribution in [-0.4, -0.2) is 40.0 Å². The van der Waals surface area contributed by atoms with E-state index < -0.39 is 16.6 Å². The lowest BCUT2D eigenvalue weighted by Crippen LogP contribution is -2.29. The van der Waals surface area contributed by atoms with Crippen molar-refractivity contribution in [2.75, 3.05) is 18.4 Å². The zero-order valence-corrected chi connectivity index (χ0v) is 10.0. The summed E-state index contributed by atoms with van der Waals surface area (Å²) in [5, 5.41) is 24.4. The lowest BCUT2D eigenvalue weighted by Gasteiger charge is -2.06. The fraction of sp³-hybridized carbons (Fsp3) is 0.300. The maximum atomic E-state index is 11.2. The number of hydrogen-bond donors (Lipinski definition) is 3. The van der Waals surface area contributed by atoms with Gasteiger partial charge in [-0.25, -0.2) is 9.78 Å². The number of anilines is 1. The number of carbonyl (C=O) groups is 2. The van der Waals surface area contributed by atoms with Gasteiger partial charge in [-0.1, -0.05) is 0 Å². The molecule has 1 heterocycles. The maximum Gasteiger partial charge on any atom is 0.354 e. The summed E-state index contributed by atoms with van der Waals surface area (Å²) >= 11 is 0. The van der Waals surface area contributed by atoms with Crippen LogP contribution in [0.3, 0.4) is 0 Å². The van der Waals surface area contributed by atoms with Gasteiger partial charge in [0.15, 0.2) is 5.69 Å². The highest BCUT2D eigenvalue weighted by Crippen LogP contribution is 2.21. The van der Waals surface area contributed by atoms with E-state index in [0.29, 0.717) is 6.54 Å². The van der Waals surface area contributed by atoms with Crippen LogP contribution in [0.1, 0.15) is 17.4 Å². The fourth-order valence-corrected chi connectivity index (χ4v) is 1.27. The first-order valence-electron chi connectivity index (χ1n) is 5.35. The molecule has 9 nitrogen and oxygen atoms in total. The van der Waals surface area contributed by atoms with E-state index >= 15 is 0 Å². The molecule has 0 aliphatic carbocycles. The molecular weight excluding hydrogens is 256 g/mol. The second kappa shape index (κ2) is 6.28. The third-order valence-electron chi connectivity index (χ3n) is 2.08. The van der Waals surface area contributed by atoms with E-state index in [1.54, 1.807) is 6.92 Å². The number of carbonyl (C=O) groups excluding carboxylic acids is 1. The quantitative estimate of drug-likeness (QED) is 0.496. The molecule has 0 saturated carbocycles. The van der Waals surface area contributed by atoms with Crippen LogP contribution in [0.4, 0.5) is 11.5 Å². The number of aromatic carboxylic acids is 1. The number of amides is 1. The van der Waals surface area contributed by atoms with E-state index in [2.05, 4.69) is 15.6 Å². The van der Waals surface area contributed by atoms with Gasteiger partial charge >= 0.3 is 11.7 Å². The van der Waals surface area contributed by atoms with Gasteiger partial charge in [-0.2, -0.15) is 0 Å². The molecule has 3 N–H and O–H groups in total. The topological polar surface area (TPSA) is 134 Å². The molecule has 0 saturated heterocycles. The minimum atomic E-state index is -1.31. The predicted molar refractivity (Wildman–Crippen MR) is 65.0 cm³/mol. The lowest BCUT2D eigenvalue weighted by molar-refractivity contribution is -0.384. The molecule has 0 aliphatic heterocycles. The molecule has 0 aromatic carbocycles. The van der Waals surface area contributed by atoms with Gasteiger partial charge in [-0.15, -0.1) is 0 Å². The number of pyridine rings is 1. The Balaban J connectivity index is 2.94. The van der Waals surface area contributed by atoms with Gasteiger partial charge < -0.3 is 15.7 Å². The van der Waals surface area contributed by atoms with Crippen LogP contribution >= 0.6 is 0 Å². The summed E-state index contributed by atoms with van der Waals surface area (Å²) in [5.74, 6) is -1.94. The normalized spacial score (nSPS) is 9.74. The molecule has 0 aliphatic rings. The first-order valence-corrected chi connectivity index (χ1v) is 5.35. The number of hydrogen-bond acceptors (Lipinski definition) is 6. The van der Waals surface area contributed by atoms with Crippen LogP contribution in [0.2, 0.25) is 0 Å². The summed E-state index contributed by atoms with van der Waals surface area (Å²) in [6.07, 6.45) is 0. The number of aromatic nitrogens is 1. The highest BCUT2D eigenvalue weighted by Gasteiger charge is 2.18. The van der Waals surface area contributed by atoms with Crippen molar-refractivity contribution in [1.29, 1.82) is 0 Å². The van der Waals surface area contributed by atoms with Crippen molar-refractivity contribution in [2.45, 2.75) is 6.92 Å². The van der Waals surface area contributed by atoms with Crippen LogP contribution in [0.5, 0.6) is 0 Å². The second-order valence-corrected chi connectivity index (χ2v) is 3.43. The average Bonchev–Trinajstić information content (AvgIpc) is 2.36. The van der Waals surface area contributed by atoms with Crippen molar-refractivity contribution in [2.24, 2.45) is 0 Å². The summed E-state index contributed by atoms with van der Waals surface area (Å²) in [6, 6.07) is 2.05. The minimum Gasteiger partial charge on any atom is -0.477 e. The third kappa shape index (κ3) is 3.91.